The Bertz CT molecular complexity index is 560. The predicted octanol–water partition coefficient (Wildman–Crippen LogP) is 2.51. The van der Waals surface area contributed by atoms with Gasteiger partial charge in [0.05, 0.1) is 10.5 Å². The first-order valence-corrected chi connectivity index (χ1v) is 4.87. The van der Waals surface area contributed by atoms with Gasteiger partial charge < -0.3 is 5.11 Å². The van der Waals surface area contributed by atoms with Gasteiger partial charge in [-0.2, -0.15) is 0 Å². The molecule has 6 heteroatoms. The molecule has 0 amide bonds. The van der Waals surface area contributed by atoms with Gasteiger partial charge in [0.15, 0.2) is 0 Å². The zero-order valence-corrected chi connectivity index (χ0v) is 8.15. The maximum atomic E-state index is 10.8. The van der Waals surface area contributed by atoms with E-state index in [4.69, 9.17) is 5.11 Å². The van der Waals surface area contributed by atoms with Crippen molar-refractivity contribution in [3.8, 4) is 0 Å². The quantitative estimate of drug-likeness (QED) is 0.626. The number of thiophene rings is 1. The number of hydrogen-bond donors (Lipinski definition) is 1. The van der Waals surface area contributed by atoms with Crippen LogP contribution in [0.3, 0.4) is 0 Å². The van der Waals surface area contributed by atoms with E-state index in [9.17, 15) is 14.9 Å². The number of non-ortho nitro benzene ring substituents is 1. The summed E-state index contributed by atoms with van der Waals surface area (Å²) in [6.45, 7) is 0. The molecule has 0 aliphatic heterocycles. The first-order valence-electron chi connectivity index (χ1n) is 3.99. The van der Waals surface area contributed by atoms with Gasteiger partial charge in [-0.3, -0.25) is 10.1 Å². The van der Waals surface area contributed by atoms with Crippen LogP contribution in [-0.4, -0.2) is 16.0 Å². The van der Waals surface area contributed by atoms with E-state index in [0.29, 0.717) is 10.1 Å². The maximum Gasteiger partial charge on any atom is 0.337 e. The Kier molecular flexibility index (Phi) is 2.12. The molecule has 1 aromatic heterocycles. The van der Waals surface area contributed by atoms with Crippen molar-refractivity contribution in [1.82, 2.24) is 0 Å². The zero-order valence-electron chi connectivity index (χ0n) is 7.34. The van der Waals surface area contributed by atoms with Crippen molar-refractivity contribution >= 4 is 33.1 Å². The van der Waals surface area contributed by atoms with E-state index in [2.05, 4.69) is 0 Å². The number of carboxylic acid groups (broad SMARTS) is 1. The van der Waals surface area contributed by atoms with Crippen LogP contribution in [0, 0.1) is 10.1 Å². The number of fused-ring (bicyclic) bond motifs is 1. The van der Waals surface area contributed by atoms with Crippen LogP contribution in [-0.2, 0) is 0 Å². The second-order valence-corrected chi connectivity index (χ2v) is 3.75. The highest BCUT2D eigenvalue weighted by atomic mass is 32.1. The third-order valence-electron chi connectivity index (χ3n) is 2.01. The van der Waals surface area contributed by atoms with Crippen LogP contribution in [0.15, 0.2) is 23.6 Å². The first kappa shape index (κ1) is 9.60. The smallest absolute Gasteiger partial charge is 0.337 e. The highest BCUT2D eigenvalue weighted by Crippen LogP contribution is 2.33. The van der Waals surface area contributed by atoms with Crippen molar-refractivity contribution in [1.29, 1.82) is 0 Å². The van der Waals surface area contributed by atoms with Gasteiger partial charge in [0.25, 0.3) is 5.69 Å². The molecule has 2 aromatic rings. The third kappa shape index (κ3) is 1.44. The number of carboxylic acids is 1. The van der Waals surface area contributed by atoms with Crippen molar-refractivity contribution in [2.45, 2.75) is 0 Å². The summed E-state index contributed by atoms with van der Waals surface area (Å²) in [5, 5.41) is 21.3. The molecule has 5 nitrogen and oxygen atoms in total. The lowest BCUT2D eigenvalue weighted by atomic mass is 10.1. The molecular formula is C9H5NO4S. The zero-order chi connectivity index (χ0) is 11.0. The highest BCUT2D eigenvalue weighted by Gasteiger charge is 2.17. The number of hydrogen-bond acceptors (Lipinski definition) is 4. The molecule has 1 heterocycles. The molecule has 0 aliphatic rings. The molecule has 0 fully saturated rings. The third-order valence-corrected chi connectivity index (χ3v) is 3.02. The van der Waals surface area contributed by atoms with Gasteiger partial charge in [0.1, 0.15) is 4.70 Å². The average Bonchev–Trinajstić information content (AvgIpc) is 2.59. The van der Waals surface area contributed by atoms with E-state index in [-0.39, 0.29) is 11.3 Å². The van der Waals surface area contributed by atoms with E-state index in [0.717, 1.165) is 11.3 Å². The van der Waals surface area contributed by atoms with Crippen LogP contribution in [0.25, 0.3) is 10.1 Å². The fourth-order valence-corrected chi connectivity index (χ4v) is 2.38. The van der Waals surface area contributed by atoms with Crippen molar-refractivity contribution in [2.24, 2.45) is 0 Å². The van der Waals surface area contributed by atoms with Gasteiger partial charge in [-0.05, 0) is 0 Å². The van der Waals surface area contributed by atoms with Crippen molar-refractivity contribution in [3.05, 3.63) is 39.3 Å². The summed E-state index contributed by atoms with van der Waals surface area (Å²) < 4.78 is 0.403. The molecule has 1 aromatic carbocycles. The van der Waals surface area contributed by atoms with Crippen molar-refractivity contribution in [2.75, 3.05) is 0 Å². The second kappa shape index (κ2) is 3.32. The second-order valence-electron chi connectivity index (χ2n) is 2.87. The SMILES string of the molecule is O=C(O)c1csc2c([N+](=O)[O-])cccc12. The molecule has 1 N–H and O–H groups in total. The molecule has 0 saturated heterocycles. The van der Waals surface area contributed by atoms with Gasteiger partial charge in [-0.15, -0.1) is 11.3 Å². The Hall–Kier alpha value is -1.95. The van der Waals surface area contributed by atoms with Gasteiger partial charge in [-0.25, -0.2) is 4.79 Å². The average molecular weight is 223 g/mol. The summed E-state index contributed by atoms with van der Waals surface area (Å²) >= 11 is 1.07. The molecular weight excluding hydrogens is 218 g/mol. The van der Waals surface area contributed by atoms with Crippen molar-refractivity contribution < 1.29 is 14.8 Å². The Morgan fingerprint density at radius 3 is 2.80 bits per heavy atom. The minimum atomic E-state index is -1.07. The molecule has 0 unspecified atom stereocenters. The lowest BCUT2D eigenvalue weighted by Gasteiger charge is -1.93. The van der Waals surface area contributed by atoms with Crippen molar-refractivity contribution in [3.63, 3.8) is 0 Å². The van der Waals surface area contributed by atoms with Crippen LogP contribution in [0.4, 0.5) is 5.69 Å². The summed E-state index contributed by atoms with van der Waals surface area (Å²) in [4.78, 5) is 20.9. The minimum absolute atomic E-state index is 0.0509. The Balaban J connectivity index is 2.80. The monoisotopic (exact) mass is 223 g/mol. The van der Waals surface area contributed by atoms with Gasteiger partial charge in [0.2, 0.25) is 0 Å². The summed E-state index contributed by atoms with van der Waals surface area (Å²) in [5.74, 6) is -1.07. The number of rotatable bonds is 2. The van der Waals surface area contributed by atoms with Gasteiger partial charge in [0, 0.05) is 16.8 Å². The summed E-state index contributed by atoms with van der Waals surface area (Å²) in [5.41, 5.74) is 0.0590. The molecule has 0 bridgehead atoms. The molecule has 2 rings (SSSR count). The molecule has 0 radical (unpaired) electrons. The Morgan fingerprint density at radius 2 is 2.20 bits per heavy atom. The van der Waals surface area contributed by atoms with Gasteiger partial charge >= 0.3 is 5.97 Å². The number of carbonyl (C=O) groups is 1. The maximum absolute atomic E-state index is 10.8. The van der Waals surface area contributed by atoms with E-state index < -0.39 is 10.9 Å². The largest absolute Gasteiger partial charge is 0.478 e. The lowest BCUT2D eigenvalue weighted by Crippen LogP contribution is -1.94. The molecule has 76 valence electrons. The topological polar surface area (TPSA) is 80.4 Å². The normalized spacial score (nSPS) is 10.4. The Labute approximate surface area is 87.7 Å². The number of nitro benzene ring substituents is 1. The predicted molar refractivity (Wildman–Crippen MR) is 55.4 cm³/mol. The lowest BCUT2D eigenvalue weighted by molar-refractivity contribution is -0.382. The first-order chi connectivity index (χ1) is 7.11. The fraction of sp³-hybridized carbons (Fsp3) is 0. The molecule has 0 saturated carbocycles. The van der Waals surface area contributed by atoms with Crippen LogP contribution in [0.5, 0.6) is 0 Å². The summed E-state index contributed by atoms with van der Waals surface area (Å²) in [6.07, 6.45) is 0. The fourth-order valence-electron chi connectivity index (χ4n) is 1.35. The molecule has 0 aliphatic carbocycles. The van der Waals surface area contributed by atoms with E-state index >= 15 is 0 Å². The number of aromatic carboxylic acids is 1. The number of nitrogens with zero attached hydrogens (tertiary/aromatic N) is 1. The molecule has 0 spiro atoms. The molecule has 0 atom stereocenters. The highest BCUT2D eigenvalue weighted by molar-refractivity contribution is 7.18. The van der Waals surface area contributed by atoms with E-state index in [1.807, 2.05) is 0 Å². The van der Waals surface area contributed by atoms with E-state index in [1.54, 1.807) is 6.07 Å². The van der Waals surface area contributed by atoms with Crippen LogP contribution in [0.2, 0.25) is 0 Å². The minimum Gasteiger partial charge on any atom is -0.478 e. The van der Waals surface area contributed by atoms with E-state index in [1.165, 1.54) is 17.5 Å². The van der Waals surface area contributed by atoms with Crippen LogP contribution < -0.4 is 0 Å². The van der Waals surface area contributed by atoms with Crippen LogP contribution in [0.1, 0.15) is 10.4 Å². The standard InChI is InChI=1S/C9H5NO4S/c11-9(12)6-4-15-8-5(6)2-1-3-7(8)10(13)14/h1-4H,(H,11,12). The number of benzene rings is 1. The van der Waals surface area contributed by atoms with Crippen LogP contribution >= 0.6 is 11.3 Å². The molecule has 15 heavy (non-hydrogen) atoms. The number of nitro groups is 1. The van der Waals surface area contributed by atoms with Gasteiger partial charge in [-0.1, -0.05) is 12.1 Å². The Morgan fingerprint density at radius 1 is 1.47 bits per heavy atom. The summed E-state index contributed by atoms with van der Waals surface area (Å²) in [7, 11) is 0. The summed E-state index contributed by atoms with van der Waals surface area (Å²) in [6, 6.07) is 4.42.